The van der Waals surface area contributed by atoms with Crippen LogP contribution < -0.4 is 10.6 Å². The van der Waals surface area contributed by atoms with Gasteiger partial charge in [0, 0.05) is 5.69 Å². The predicted molar refractivity (Wildman–Crippen MR) is 72.6 cm³/mol. The molecular weight excluding hydrogens is 242 g/mol. The van der Waals surface area contributed by atoms with Gasteiger partial charge in [-0.1, -0.05) is 18.2 Å². The first-order valence-corrected chi connectivity index (χ1v) is 6.16. The molecule has 0 saturated heterocycles. The SMILES string of the molecule is Cc1cnc(CNC(C)C(=O)Nc2ccccc2)o1. The number of benzene rings is 1. The second-order valence-electron chi connectivity index (χ2n) is 4.32. The lowest BCUT2D eigenvalue weighted by Gasteiger charge is -2.12. The van der Waals surface area contributed by atoms with Gasteiger partial charge in [-0.2, -0.15) is 0 Å². The highest BCUT2D eigenvalue weighted by atomic mass is 16.4. The van der Waals surface area contributed by atoms with E-state index in [0.717, 1.165) is 11.4 Å². The molecule has 2 rings (SSSR count). The highest BCUT2D eigenvalue weighted by molar-refractivity contribution is 5.94. The Hall–Kier alpha value is -2.14. The van der Waals surface area contributed by atoms with Crippen molar-refractivity contribution in [3.63, 3.8) is 0 Å². The van der Waals surface area contributed by atoms with Crippen LogP contribution in [0.3, 0.4) is 0 Å². The van der Waals surface area contributed by atoms with Gasteiger partial charge in [0.1, 0.15) is 5.76 Å². The molecule has 5 heteroatoms. The first kappa shape index (κ1) is 13.3. The van der Waals surface area contributed by atoms with Crippen LogP contribution >= 0.6 is 0 Å². The largest absolute Gasteiger partial charge is 0.445 e. The Balaban J connectivity index is 1.82. The number of carbonyl (C=O) groups is 1. The van der Waals surface area contributed by atoms with E-state index in [1.54, 1.807) is 13.1 Å². The second kappa shape index (κ2) is 6.15. The highest BCUT2D eigenvalue weighted by Gasteiger charge is 2.13. The van der Waals surface area contributed by atoms with E-state index in [-0.39, 0.29) is 11.9 Å². The Morgan fingerprint density at radius 1 is 1.37 bits per heavy atom. The normalized spacial score (nSPS) is 12.1. The number of amides is 1. The smallest absolute Gasteiger partial charge is 0.241 e. The van der Waals surface area contributed by atoms with E-state index in [2.05, 4.69) is 15.6 Å². The summed E-state index contributed by atoms with van der Waals surface area (Å²) < 4.78 is 5.33. The molecule has 2 aromatic rings. The van der Waals surface area contributed by atoms with Gasteiger partial charge in [-0.3, -0.25) is 10.1 Å². The van der Waals surface area contributed by atoms with Gasteiger partial charge >= 0.3 is 0 Å². The molecule has 1 aromatic heterocycles. The third kappa shape index (κ3) is 3.93. The number of para-hydroxylation sites is 1. The second-order valence-corrected chi connectivity index (χ2v) is 4.32. The predicted octanol–water partition coefficient (Wildman–Crippen LogP) is 2.10. The van der Waals surface area contributed by atoms with Gasteiger partial charge in [-0.05, 0) is 26.0 Å². The first-order valence-electron chi connectivity index (χ1n) is 6.16. The molecule has 0 aliphatic rings. The quantitative estimate of drug-likeness (QED) is 0.863. The molecule has 1 amide bonds. The Labute approximate surface area is 112 Å². The minimum atomic E-state index is -0.326. The lowest BCUT2D eigenvalue weighted by molar-refractivity contribution is -0.117. The number of hydrogen-bond acceptors (Lipinski definition) is 4. The molecule has 100 valence electrons. The van der Waals surface area contributed by atoms with Crippen molar-refractivity contribution in [2.75, 3.05) is 5.32 Å². The third-order valence-electron chi connectivity index (χ3n) is 2.66. The summed E-state index contributed by atoms with van der Waals surface area (Å²) >= 11 is 0. The van der Waals surface area contributed by atoms with Crippen LogP contribution in [0.4, 0.5) is 5.69 Å². The van der Waals surface area contributed by atoms with Crippen molar-refractivity contribution in [3.8, 4) is 0 Å². The zero-order chi connectivity index (χ0) is 13.7. The number of oxazole rings is 1. The summed E-state index contributed by atoms with van der Waals surface area (Å²) in [5.74, 6) is 1.25. The molecule has 0 radical (unpaired) electrons. The molecule has 1 atom stereocenters. The van der Waals surface area contributed by atoms with Crippen molar-refractivity contribution < 1.29 is 9.21 Å². The van der Waals surface area contributed by atoms with E-state index < -0.39 is 0 Å². The summed E-state index contributed by atoms with van der Waals surface area (Å²) in [5.41, 5.74) is 0.785. The lowest BCUT2D eigenvalue weighted by Crippen LogP contribution is -2.37. The lowest BCUT2D eigenvalue weighted by atomic mass is 10.2. The zero-order valence-electron chi connectivity index (χ0n) is 11.0. The minimum Gasteiger partial charge on any atom is -0.445 e. The van der Waals surface area contributed by atoms with E-state index in [4.69, 9.17) is 4.42 Å². The highest BCUT2D eigenvalue weighted by Crippen LogP contribution is 2.06. The van der Waals surface area contributed by atoms with Crippen molar-refractivity contribution in [1.29, 1.82) is 0 Å². The Morgan fingerprint density at radius 2 is 2.11 bits per heavy atom. The number of nitrogens with one attached hydrogen (secondary N) is 2. The summed E-state index contributed by atoms with van der Waals surface area (Å²) in [6.07, 6.45) is 1.66. The third-order valence-corrected chi connectivity index (χ3v) is 2.66. The van der Waals surface area contributed by atoms with Gasteiger partial charge in [0.2, 0.25) is 11.8 Å². The van der Waals surface area contributed by atoms with Crippen LogP contribution in [0, 0.1) is 6.92 Å². The molecule has 0 aliphatic heterocycles. The molecule has 1 aromatic carbocycles. The van der Waals surface area contributed by atoms with Gasteiger partial charge < -0.3 is 9.73 Å². The van der Waals surface area contributed by atoms with Crippen LogP contribution in [0.25, 0.3) is 0 Å². The number of hydrogen-bond donors (Lipinski definition) is 2. The fourth-order valence-electron chi connectivity index (χ4n) is 1.59. The standard InChI is InChI=1S/C14H17N3O2/c1-10-8-16-13(19-10)9-15-11(2)14(18)17-12-6-4-3-5-7-12/h3-8,11,15H,9H2,1-2H3,(H,17,18). The first-order chi connectivity index (χ1) is 9.15. The summed E-state index contributed by atoms with van der Waals surface area (Å²) in [4.78, 5) is 16.0. The molecule has 1 heterocycles. The Bertz CT molecular complexity index is 537. The van der Waals surface area contributed by atoms with Crippen LogP contribution in [-0.4, -0.2) is 16.9 Å². The molecule has 0 spiro atoms. The van der Waals surface area contributed by atoms with Gasteiger partial charge in [0.05, 0.1) is 18.8 Å². The summed E-state index contributed by atoms with van der Waals surface area (Å²) in [5, 5.41) is 5.89. The van der Waals surface area contributed by atoms with E-state index >= 15 is 0 Å². The summed E-state index contributed by atoms with van der Waals surface area (Å²) in [6.45, 7) is 4.06. The molecule has 0 fully saturated rings. The molecule has 0 bridgehead atoms. The van der Waals surface area contributed by atoms with E-state index in [0.29, 0.717) is 12.4 Å². The van der Waals surface area contributed by atoms with Crippen molar-refractivity contribution in [2.45, 2.75) is 26.4 Å². The number of carbonyl (C=O) groups excluding carboxylic acids is 1. The Kier molecular flexibility index (Phi) is 4.30. The molecule has 0 aliphatic carbocycles. The van der Waals surface area contributed by atoms with Crippen LogP contribution in [-0.2, 0) is 11.3 Å². The average Bonchev–Trinajstić information content (AvgIpc) is 2.83. The van der Waals surface area contributed by atoms with Gasteiger partial charge in [-0.15, -0.1) is 0 Å². The minimum absolute atomic E-state index is 0.0884. The van der Waals surface area contributed by atoms with E-state index in [9.17, 15) is 4.79 Å². The van der Waals surface area contributed by atoms with Gasteiger partial charge in [-0.25, -0.2) is 4.98 Å². The molecular formula is C14H17N3O2. The maximum Gasteiger partial charge on any atom is 0.241 e. The van der Waals surface area contributed by atoms with Crippen LogP contribution in [0.15, 0.2) is 40.9 Å². The van der Waals surface area contributed by atoms with Crippen LogP contribution in [0.5, 0.6) is 0 Å². The van der Waals surface area contributed by atoms with Crippen LogP contribution in [0.2, 0.25) is 0 Å². The number of aromatic nitrogens is 1. The van der Waals surface area contributed by atoms with E-state index in [1.165, 1.54) is 0 Å². The van der Waals surface area contributed by atoms with Gasteiger partial charge in [0.15, 0.2) is 0 Å². The number of rotatable bonds is 5. The van der Waals surface area contributed by atoms with E-state index in [1.807, 2.05) is 37.3 Å². The monoisotopic (exact) mass is 259 g/mol. The number of nitrogens with zero attached hydrogens (tertiary/aromatic N) is 1. The van der Waals surface area contributed by atoms with Crippen molar-refractivity contribution in [2.24, 2.45) is 0 Å². The molecule has 0 saturated carbocycles. The Morgan fingerprint density at radius 3 is 2.74 bits per heavy atom. The van der Waals surface area contributed by atoms with Gasteiger partial charge in [0.25, 0.3) is 0 Å². The maximum absolute atomic E-state index is 11.9. The van der Waals surface area contributed by atoms with Crippen molar-refractivity contribution in [1.82, 2.24) is 10.3 Å². The van der Waals surface area contributed by atoms with Crippen molar-refractivity contribution in [3.05, 3.63) is 48.2 Å². The van der Waals surface area contributed by atoms with Crippen molar-refractivity contribution >= 4 is 11.6 Å². The number of anilines is 1. The topological polar surface area (TPSA) is 67.2 Å². The maximum atomic E-state index is 11.9. The zero-order valence-corrected chi connectivity index (χ0v) is 11.0. The molecule has 1 unspecified atom stereocenters. The fraction of sp³-hybridized carbons (Fsp3) is 0.286. The summed E-state index contributed by atoms with van der Waals surface area (Å²) in [7, 11) is 0. The fourth-order valence-corrected chi connectivity index (χ4v) is 1.59. The molecule has 5 nitrogen and oxygen atoms in total. The number of aryl methyl sites for hydroxylation is 1. The average molecular weight is 259 g/mol. The summed E-state index contributed by atoms with van der Waals surface area (Å²) in [6, 6.07) is 9.03. The molecule has 2 N–H and O–H groups in total. The van der Waals surface area contributed by atoms with Crippen LogP contribution in [0.1, 0.15) is 18.6 Å². The molecule has 19 heavy (non-hydrogen) atoms.